The van der Waals surface area contributed by atoms with E-state index in [1.54, 1.807) is 0 Å². The Labute approximate surface area is 137 Å². The zero-order valence-electron chi connectivity index (χ0n) is 14.0. The molecule has 1 aliphatic carbocycles. The predicted molar refractivity (Wildman–Crippen MR) is 89.2 cm³/mol. The maximum Gasteiger partial charge on any atom is 0.233 e. The molecule has 1 aromatic rings. The van der Waals surface area contributed by atoms with Crippen molar-refractivity contribution >= 4 is 17.7 Å². The van der Waals surface area contributed by atoms with Crippen molar-refractivity contribution < 1.29 is 9.32 Å². The van der Waals surface area contributed by atoms with Crippen molar-refractivity contribution in [2.24, 2.45) is 0 Å². The Balaban J connectivity index is 1.88. The first-order valence-electron chi connectivity index (χ1n) is 8.29. The van der Waals surface area contributed by atoms with Crippen LogP contribution in [0.1, 0.15) is 56.5 Å². The van der Waals surface area contributed by atoms with Crippen LogP contribution in [0.3, 0.4) is 0 Å². The van der Waals surface area contributed by atoms with E-state index in [-0.39, 0.29) is 5.91 Å². The summed E-state index contributed by atoms with van der Waals surface area (Å²) in [5.74, 6) is 2.06. The van der Waals surface area contributed by atoms with Gasteiger partial charge in [-0.3, -0.25) is 4.79 Å². The van der Waals surface area contributed by atoms with Crippen molar-refractivity contribution in [3.05, 3.63) is 17.0 Å². The molecule has 4 nitrogen and oxygen atoms in total. The Bertz CT molecular complexity index is 546. The van der Waals surface area contributed by atoms with Crippen molar-refractivity contribution in [1.82, 2.24) is 10.1 Å². The monoisotopic (exact) mass is 322 g/mol. The molecule has 1 amide bonds. The fourth-order valence-electron chi connectivity index (χ4n) is 4.19. The van der Waals surface area contributed by atoms with E-state index in [0.717, 1.165) is 35.7 Å². The highest BCUT2D eigenvalue weighted by Gasteiger charge is 2.44. The van der Waals surface area contributed by atoms with Gasteiger partial charge in [0.15, 0.2) is 0 Å². The molecule has 0 radical (unpaired) electrons. The summed E-state index contributed by atoms with van der Waals surface area (Å²) in [4.78, 5) is 15.5. The van der Waals surface area contributed by atoms with Crippen LogP contribution >= 0.6 is 11.8 Å². The number of thioether (sulfide) groups is 1. The first-order chi connectivity index (χ1) is 10.4. The maximum absolute atomic E-state index is 13.3. The highest BCUT2D eigenvalue weighted by atomic mass is 32.2. The van der Waals surface area contributed by atoms with Crippen LogP contribution in [0.5, 0.6) is 0 Å². The Kier molecular flexibility index (Phi) is 4.27. The van der Waals surface area contributed by atoms with Crippen molar-refractivity contribution in [3.63, 3.8) is 0 Å². The molecule has 0 spiro atoms. The summed E-state index contributed by atoms with van der Waals surface area (Å²) in [5.41, 5.74) is 1.23. The first kappa shape index (κ1) is 15.9. The fraction of sp³-hybridized carbons (Fsp3) is 0.765. The SMILES string of the molecule is Cc1noc(C)c1C(C)(C)C(=O)N1CCS[C@H]2CCCC[C@@H]21. The molecule has 2 aliphatic rings. The third-order valence-electron chi connectivity index (χ3n) is 5.19. The van der Waals surface area contributed by atoms with E-state index in [4.69, 9.17) is 4.52 Å². The second-order valence-corrected chi connectivity index (χ2v) is 8.43. The Morgan fingerprint density at radius 2 is 2.05 bits per heavy atom. The van der Waals surface area contributed by atoms with Gasteiger partial charge in [0.05, 0.1) is 11.1 Å². The molecule has 0 bridgehead atoms. The molecule has 2 fully saturated rings. The third kappa shape index (κ3) is 2.57. The average Bonchev–Trinajstić information content (AvgIpc) is 2.85. The van der Waals surface area contributed by atoms with Crippen LogP contribution in [-0.4, -0.2) is 39.6 Å². The number of fused-ring (bicyclic) bond motifs is 1. The van der Waals surface area contributed by atoms with Gasteiger partial charge in [-0.05, 0) is 40.5 Å². The van der Waals surface area contributed by atoms with Crippen LogP contribution in [0, 0.1) is 13.8 Å². The molecule has 0 N–H and O–H groups in total. The van der Waals surface area contributed by atoms with Gasteiger partial charge >= 0.3 is 0 Å². The second kappa shape index (κ2) is 5.91. The van der Waals surface area contributed by atoms with Crippen molar-refractivity contribution in [2.45, 2.75) is 70.1 Å². The minimum absolute atomic E-state index is 0.235. The summed E-state index contributed by atoms with van der Waals surface area (Å²) >= 11 is 2.06. The molecule has 0 aromatic carbocycles. The third-order valence-corrected chi connectivity index (χ3v) is 6.58. The zero-order valence-corrected chi connectivity index (χ0v) is 14.8. The molecule has 22 heavy (non-hydrogen) atoms. The number of hydrogen-bond donors (Lipinski definition) is 0. The molecule has 1 aliphatic heterocycles. The minimum atomic E-state index is -0.571. The summed E-state index contributed by atoms with van der Waals surface area (Å²) in [7, 11) is 0. The van der Waals surface area contributed by atoms with Crippen LogP contribution in [0.25, 0.3) is 0 Å². The van der Waals surface area contributed by atoms with E-state index in [1.165, 1.54) is 19.3 Å². The van der Waals surface area contributed by atoms with E-state index in [2.05, 4.69) is 21.8 Å². The number of carbonyl (C=O) groups is 1. The lowest BCUT2D eigenvalue weighted by Gasteiger charge is -2.46. The van der Waals surface area contributed by atoms with Gasteiger partial charge in [-0.25, -0.2) is 0 Å². The van der Waals surface area contributed by atoms with Gasteiger partial charge in [-0.2, -0.15) is 11.8 Å². The fourth-order valence-corrected chi connectivity index (χ4v) is 5.63. The molecule has 3 rings (SSSR count). The zero-order chi connectivity index (χ0) is 15.9. The van der Waals surface area contributed by atoms with E-state index in [1.807, 2.05) is 27.7 Å². The summed E-state index contributed by atoms with van der Waals surface area (Å²) in [5, 5.41) is 4.67. The highest BCUT2D eigenvalue weighted by molar-refractivity contribution is 8.00. The summed E-state index contributed by atoms with van der Waals surface area (Å²) in [6.07, 6.45) is 4.96. The topological polar surface area (TPSA) is 46.3 Å². The number of rotatable bonds is 2. The van der Waals surface area contributed by atoms with Gasteiger partial charge < -0.3 is 9.42 Å². The molecule has 1 saturated carbocycles. The Morgan fingerprint density at radius 3 is 2.73 bits per heavy atom. The van der Waals surface area contributed by atoms with E-state index >= 15 is 0 Å². The second-order valence-electron chi connectivity index (χ2n) is 7.08. The lowest BCUT2D eigenvalue weighted by Crippen LogP contribution is -2.56. The summed E-state index contributed by atoms with van der Waals surface area (Å²) in [6, 6.07) is 0.416. The van der Waals surface area contributed by atoms with Crippen LogP contribution in [0.15, 0.2) is 4.52 Å². The average molecular weight is 322 g/mol. The number of carbonyl (C=O) groups excluding carboxylic acids is 1. The largest absolute Gasteiger partial charge is 0.361 e. The Hall–Kier alpha value is -0.970. The van der Waals surface area contributed by atoms with E-state index in [9.17, 15) is 4.79 Å². The highest BCUT2D eigenvalue weighted by Crippen LogP contribution is 2.39. The summed E-state index contributed by atoms with van der Waals surface area (Å²) in [6.45, 7) is 8.73. The lowest BCUT2D eigenvalue weighted by atomic mass is 9.80. The molecule has 1 aromatic heterocycles. The lowest BCUT2D eigenvalue weighted by molar-refractivity contribution is -0.139. The molecule has 5 heteroatoms. The molecular formula is C17H26N2O2S. The summed E-state index contributed by atoms with van der Waals surface area (Å²) < 4.78 is 5.30. The molecule has 2 heterocycles. The van der Waals surface area contributed by atoms with Gasteiger partial charge in [-0.1, -0.05) is 18.0 Å². The normalized spacial score (nSPS) is 25.9. The van der Waals surface area contributed by atoms with Crippen LogP contribution in [0.4, 0.5) is 0 Å². The Morgan fingerprint density at radius 1 is 1.32 bits per heavy atom. The van der Waals surface area contributed by atoms with Gasteiger partial charge in [0, 0.05) is 29.2 Å². The molecule has 1 saturated heterocycles. The van der Waals surface area contributed by atoms with Crippen LogP contribution < -0.4 is 0 Å². The number of aryl methyl sites for hydroxylation is 2. The number of aromatic nitrogens is 1. The molecule has 2 atom stereocenters. The van der Waals surface area contributed by atoms with Crippen molar-refractivity contribution in [2.75, 3.05) is 12.3 Å². The van der Waals surface area contributed by atoms with Gasteiger partial charge in [0.25, 0.3) is 0 Å². The van der Waals surface area contributed by atoms with E-state index < -0.39 is 5.41 Å². The molecule has 122 valence electrons. The van der Waals surface area contributed by atoms with Gasteiger partial charge in [0.1, 0.15) is 5.76 Å². The van der Waals surface area contributed by atoms with Crippen LogP contribution in [-0.2, 0) is 10.2 Å². The predicted octanol–water partition coefficient (Wildman–Crippen LogP) is 3.46. The number of nitrogens with zero attached hydrogens (tertiary/aromatic N) is 2. The standard InChI is InChI=1S/C17H26N2O2S/c1-11-15(12(2)21-18-11)17(3,4)16(20)19-9-10-22-14-8-6-5-7-13(14)19/h13-14H,5-10H2,1-4H3/t13-,14-/m0/s1. The smallest absolute Gasteiger partial charge is 0.233 e. The number of hydrogen-bond acceptors (Lipinski definition) is 4. The van der Waals surface area contributed by atoms with Gasteiger partial charge in [0.2, 0.25) is 5.91 Å². The van der Waals surface area contributed by atoms with Gasteiger partial charge in [-0.15, -0.1) is 0 Å². The quantitative estimate of drug-likeness (QED) is 0.836. The first-order valence-corrected chi connectivity index (χ1v) is 9.34. The van der Waals surface area contributed by atoms with Crippen molar-refractivity contribution in [1.29, 1.82) is 0 Å². The van der Waals surface area contributed by atoms with Crippen LogP contribution in [0.2, 0.25) is 0 Å². The molecule has 0 unspecified atom stereocenters. The van der Waals surface area contributed by atoms with E-state index in [0.29, 0.717) is 11.3 Å². The number of amides is 1. The molecular weight excluding hydrogens is 296 g/mol. The minimum Gasteiger partial charge on any atom is -0.361 e. The van der Waals surface area contributed by atoms with Crippen molar-refractivity contribution in [3.8, 4) is 0 Å². The maximum atomic E-state index is 13.3.